The van der Waals surface area contributed by atoms with Crippen molar-refractivity contribution in [1.29, 1.82) is 0 Å². The molecule has 27 heavy (non-hydrogen) atoms. The number of aromatic carboxylic acids is 1. The largest absolute Gasteiger partial charge is 0.478 e. The highest BCUT2D eigenvalue weighted by Gasteiger charge is 2.19. The van der Waals surface area contributed by atoms with Crippen LogP contribution in [0.5, 0.6) is 0 Å². The minimum atomic E-state index is -1.10. The third kappa shape index (κ3) is 3.20. The number of hydrogen-bond acceptors (Lipinski definition) is 4. The van der Waals surface area contributed by atoms with Gasteiger partial charge in [-0.2, -0.15) is 4.98 Å². The number of aromatic nitrogens is 2. The lowest BCUT2D eigenvalue weighted by Crippen LogP contribution is -1.99. The molecule has 1 aromatic heterocycles. The Balaban J connectivity index is 1.71. The predicted octanol–water partition coefficient (Wildman–Crippen LogP) is 4.91. The van der Waals surface area contributed by atoms with Crippen LogP contribution in [-0.2, 0) is 0 Å². The highest BCUT2D eigenvalue weighted by Crippen LogP contribution is 2.29. The molecule has 3 aromatic carbocycles. The molecule has 1 N–H and O–H groups in total. The number of carbonyl (C=O) groups is 1. The monoisotopic (exact) mass is 360 g/mol. The lowest BCUT2D eigenvalue weighted by atomic mass is 10.0. The molecule has 0 spiro atoms. The minimum Gasteiger partial charge on any atom is -0.478 e. The van der Waals surface area contributed by atoms with Gasteiger partial charge >= 0.3 is 5.97 Å². The Kier molecular flexibility index (Phi) is 4.22. The lowest BCUT2D eigenvalue weighted by molar-refractivity contribution is 0.0697. The van der Waals surface area contributed by atoms with Crippen molar-refractivity contribution in [2.24, 2.45) is 0 Å². The lowest BCUT2D eigenvalue weighted by Gasteiger charge is -2.03. The summed E-state index contributed by atoms with van der Waals surface area (Å²) in [6, 6.07) is 20.5. The van der Waals surface area contributed by atoms with Gasteiger partial charge in [0.15, 0.2) is 0 Å². The standard InChI is InChI=1S/C21H13FN2O3/c22-18-12-14(13-6-2-1-3-7-13)10-11-17(18)20-23-19(24-27-20)15-8-4-5-9-16(15)21(25)26/h1-12H,(H,25,26). The molecule has 0 saturated heterocycles. The van der Waals surface area contributed by atoms with Gasteiger partial charge in [0, 0.05) is 5.56 Å². The zero-order valence-electron chi connectivity index (χ0n) is 14.0. The van der Waals surface area contributed by atoms with E-state index in [-0.39, 0.29) is 22.8 Å². The summed E-state index contributed by atoms with van der Waals surface area (Å²) in [7, 11) is 0. The molecule has 5 nitrogen and oxygen atoms in total. The van der Waals surface area contributed by atoms with Crippen LogP contribution in [0.15, 0.2) is 77.3 Å². The SMILES string of the molecule is O=C(O)c1ccccc1-c1noc(-c2ccc(-c3ccccc3)cc2F)n1. The van der Waals surface area contributed by atoms with E-state index in [0.717, 1.165) is 11.1 Å². The van der Waals surface area contributed by atoms with E-state index in [1.165, 1.54) is 12.1 Å². The average Bonchev–Trinajstić information content (AvgIpc) is 3.18. The Morgan fingerprint density at radius 1 is 0.889 bits per heavy atom. The molecule has 0 atom stereocenters. The van der Waals surface area contributed by atoms with Gasteiger partial charge in [-0.25, -0.2) is 9.18 Å². The molecule has 4 rings (SSSR count). The van der Waals surface area contributed by atoms with Crippen LogP contribution in [0.4, 0.5) is 4.39 Å². The zero-order valence-corrected chi connectivity index (χ0v) is 14.0. The number of carboxylic acids is 1. The quantitative estimate of drug-likeness (QED) is 0.560. The zero-order chi connectivity index (χ0) is 18.8. The highest BCUT2D eigenvalue weighted by atomic mass is 19.1. The van der Waals surface area contributed by atoms with E-state index in [1.54, 1.807) is 30.3 Å². The van der Waals surface area contributed by atoms with E-state index < -0.39 is 11.8 Å². The van der Waals surface area contributed by atoms with Gasteiger partial charge in [0.05, 0.1) is 11.1 Å². The van der Waals surface area contributed by atoms with Gasteiger partial charge in [-0.15, -0.1) is 0 Å². The Morgan fingerprint density at radius 3 is 2.37 bits per heavy atom. The van der Waals surface area contributed by atoms with Crippen molar-refractivity contribution in [3.8, 4) is 34.0 Å². The third-order valence-electron chi connectivity index (χ3n) is 4.13. The van der Waals surface area contributed by atoms with Crippen molar-refractivity contribution in [2.75, 3.05) is 0 Å². The van der Waals surface area contributed by atoms with Crippen LogP contribution in [0.1, 0.15) is 10.4 Å². The number of carboxylic acid groups (broad SMARTS) is 1. The normalized spacial score (nSPS) is 10.7. The van der Waals surface area contributed by atoms with Crippen LogP contribution in [0.2, 0.25) is 0 Å². The second kappa shape index (κ2) is 6.84. The molecule has 0 amide bonds. The van der Waals surface area contributed by atoms with Gasteiger partial charge in [0.2, 0.25) is 5.82 Å². The number of nitrogens with zero attached hydrogens (tertiary/aromatic N) is 2. The van der Waals surface area contributed by atoms with Crippen molar-refractivity contribution in [2.45, 2.75) is 0 Å². The van der Waals surface area contributed by atoms with Crippen molar-refractivity contribution in [1.82, 2.24) is 10.1 Å². The van der Waals surface area contributed by atoms with Gasteiger partial charge < -0.3 is 9.63 Å². The summed E-state index contributed by atoms with van der Waals surface area (Å²) in [5.74, 6) is -1.52. The Morgan fingerprint density at radius 2 is 1.63 bits per heavy atom. The number of hydrogen-bond donors (Lipinski definition) is 1. The maximum Gasteiger partial charge on any atom is 0.336 e. The van der Waals surface area contributed by atoms with Gasteiger partial charge in [0.1, 0.15) is 5.82 Å². The molecule has 1 heterocycles. The topological polar surface area (TPSA) is 76.2 Å². The molecule has 0 fully saturated rings. The number of benzene rings is 3. The smallest absolute Gasteiger partial charge is 0.336 e. The molecule has 0 unspecified atom stereocenters. The maximum atomic E-state index is 14.6. The molecule has 0 radical (unpaired) electrons. The fraction of sp³-hybridized carbons (Fsp3) is 0. The molecule has 0 bridgehead atoms. The first-order chi connectivity index (χ1) is 13.1. The first-order valence-corrected chi connectivity index (χ1v) is 8.15. The summed E-state index contributed by atoms with van der Waals surface area (Å²) in [5, 5.41) is 13.1. The van der Waals surface area contributed by atoms with E-state index in [1.807, 2.05) is 30.3 Å². The van der Waals surface area contributed by atoms with Crippen LogP contribution >= 0.6 is 0 Å². The fourth-order valence-corrected chi connectivity index (χ4v) is 2.81. The third-order valence-corrected chi connectivity index (χ3v) is 4.13. The molecular formula is C21H13FN2O3. The second-order valence-corrected chi connectivity index (χ2v) is 5.83. The van der Waals surface area contributed by atoms with Crippen LogP contribution in [0.3, 0.4) is 0 Å². The summed E-state index contributed by atoms with van der Waals surface area (Å²) < 4.78 is 19.8. The molecule has 4 aromatic rings. The van der Waals surface area contributed by atoms with Crippen LogP contribution < -0.4 is 0 Å². The predicted molar refractivity (Wildman–Crippen MR) is 97.5 cm³/mol. The van der Waals surface area contributed by atoms with E-state index >= 15 is 0 Å². The summed E-state index contributed by atoms with van der Waals surface area (Å²) in [6.07, 6.45) is 0. The molecule has 0 aliphatic carbocycles. The fourth-order valence-electron chi connectivity index (χ4n) is 2.81. The first kappa shape index (κ1) is 16.7. The molecule has 0 aliphatic rings. The first-order valence-electron chi connectivity index (χ1n) is 8.15. The van der Waals surface area contributed by atoms with E-state index in [2.05, 4.69) is 10.1 Å². The van der Waals surface area contributed by atoms with E-state index in [0.29, 0.717) is 5.56 Å². The summed E-state index contributed by atoms with van der Waals surface area (Å²) in [4.78, 5) is 15.5. The van der Waals surface area contributed by atoms with Crippen molar-refractivity contribution in [3.63, 3.8) is 0 Å². The summed E-state index contributed by atoms with van der Waals surface area (Å²) in [6.45, 7) is 0. The van der Waals surface area contributed by atoms with Gasteiger partial charge in [-0.3, -0.25) is 0 Å². The van der Waals surface area contributed by atoms with Crippen LogP contribution in [0.25, 0.3) is 34.0 Å². The van der Waals surface area contributed by atoms with Gasteiger partial charge in [-0.1, -0.05) is 59.8 Å². The number of rotatable bonds is 4. The van der Waals surface area contributed by atoms with Crippen molar-refractivity contribution in [3.05, 3.63) is 84.2 Å². The van der Waals surface area contributed by atoms with Gasteiger partial charge in [0.25, 0.3) is 5.89 Å². The Hall–Kier alpha value is -3.80. The molecule has 132 valence electrons. The minimum absolute atomic E-state index is 0.0118. The van der Waals surface area contributed by atoms with Crippen molar-refractivity contribution >= 4 is 5.97 Å². The molecule has 0 aliphatic heterocycles. The molecule has 0 saturated carbocycles. The van der Waals surface area contributed by atoms with Crippen LogP contribution in [-0.4, -0.2) is 21.2 Å². The van der Waals surface area contributed by atoms with Crippen molar-refractivity contribution < 1.29 is 18.8 Å². The van der Waals surface area contributed by atoms with E-state index in [4.69, 9.17) is 4.52 Å². The van der Waals surface area contributed by atoms with E-state index in [9.17, 15) is 14.3 Å². The number of halogens is 1. The Bertz CT molecular complexity index is 1120. The van der Waals surface area contributed by atoms with Crippen LogP contribution in [0, 0.1) is 5.82 Å². The Labute approximate surface area is 153 Å². The molecular weight excluding hydrogens is 347 g/mol. The highest BCUT2D eigenvalue weighted by molar-refractivity contribution is 5.95. The summed E-state index contributed by atoms with van der Waals surface area (Å²) >= 11 is 0. The average molecular weight is 360 g/mol. The summed E-state index contributed by atoms with van der Waals surface area (Å²) in [5.41, 5.74) is 2.13. The maximum absolute atomic E-state index is 14.6. The molecule has 6 heteroatoms. The van der Waals surface area contributed by atoms with Gasteiger partial charge in [-0.05, 0) is 29.3 Å². The second-order valence-electron chi connectivity index (χ2n) is 5.83.